The van der Waals surface area contributed by atoms with Gasteiger partial charge in [0.2, 0.25) is 5.91 Å². The van der Waals surface area contributed by atoms with Gasteiger partial charge in [-0.1, -0.05) is 36.4 Å². The molecule has 5 aromatic rings. The molecular formula is C25H19FN4O2S. The van der Waals surface area contributed by atoms with Gasteiger partial charge in [-0.3, -0.25) is 14.2 Å². The largest absolute Gasteiger partial charge is 0.324 e. The fraction of sp³-hybridized carbons (Fsp3) is 0.120. The quantitative estimate of drug-likeness (QED) is 0.408. The molecule has 0 unspecified atom stereocenters. The molecule has 0 spiro atoms. The number of hydrogen-bond donors (Lipinski definition) is 1. The number of pyridine rings is 1. The van der Waals surface area contributed by atoms with Crippen LogP contribution in [0, 0.1) is 19.7 Å². The number of aryl methyl sites for hydroxylation is 2. The lowest BCUT2D eigenvalue weighted by Gasteiger charge is -2.10. The Balaban J connectivity index is 1.56. The lowest BCUT2D eigenvalue weighted by atomic mass is 10.0. The summed E-state index contributed by atoms with van der Waals surface area (Å²) in [4.78, 5) is 35.6. The van der Waals surface area contributed by atoms with Gasteiger partial charge >= 0.3 is 0 Å². The third kappa shape index (κ3) is 3.89. The Morgan fingerprint density at radius 1 is 1.12 bits per heavy atom. The average molecular weight is 459 g/mol. The Morgan fingerprint density at radius 3 is 2.70 bits per heavy atom. The van der Waals surface area contributed by atoms with Crippen LogP contribution < -0.4 is 10.9 Å². The van der Waals surface area contributed by atoms with Crippen LogP contribution in [-0.4, -0.2) is 20.4 Å². The van der Waals surface area contributed by atoms with E-state index in [2.05, 4.69) is 15.3 Å². The molecule has 0 aliphatic carbocycles. The molecule has 0 aliphatic heterocycles. The molecule has 1 amide bonds. The maximum Gasteiger partial charge on any atom is 0.271 e. The number of thiophene rings is 1. The number of nitrogens with one attached hydrogen (secondary N) is 1. The van der Waals surface area contributed by atoms with Crippen LogP contribution in [-0.2, 0) is 11.3 Å². The van der Waals surface area contributed by atoms with Crippen LogP contribution in [0.2, 0.25) is 0 Å². The van der Waals surface area contributed by atoms with E-state index in [-0.39, 0.29) is 12.1 Å². The monoisotopic (exact) mass is 458 g/mol. The summed E-state index contributed by atoms with van der Waals surface area (Å²) in [6.45, 7) is 3.45. The molecule has 0 atom stereocenters. The summed E-state index contributed by atoms with van der Waals surface area (Å²) in [5.74, 6) is -0.884. The van der Waals surface area contributed by atoms with Gasteiger partial charge in [0.05, 0.1) is 11.8 Å². The number of nitrogens with zero attached hydrogens (tertiary/aromatic N) is 3. The van der Waals surface area contributed by atoms with E-state index in [4.69, 9.17) is 0 Å². The highest BCUT2D eigenvalue weighted by Gasteiger charge is 2.18. The number of benzene rings is 2. The topological polar surface area (TPSA) is 76.9 Å². The van der Waals surface area contributed by atoms with E-state index in [1.165, 1.54) is 34.4 Å². The maximum absolute atomic E-state index is 13.5. The fourth-order valence-electron chi connectivity index (χ4n) is 3.82. The SMILES string of the molecule is Cc1cc(-c2ccccc2)c2c(n1)sc1c(=O)n(CC(=O)Nc3cc(F)ccc3C)cnc12. The van der Waals surface area contributed by atoms with Crippen molar-refractivity contribution in [1.29, 1.82) is 0 Å². The van der Waals surface area contributed by atoms with Crippen molar-refractivity contribution in [1.82, 2.24) is 14.5 Å². The van der Waals surface area contributed by atoms with Crippen LogP contribution in [0.25, 0.3) is 31.6 Å². The number of amides is 1. The molecule has 0 radical (unpaired) electrons. The summed E-state index contributed by atoms with van der Waals surface area (Å²) in [5, 5.41) is 3.49. The Kier molecular flexibility index (Phi) is 5.22. The number of rotatable bonds is 4. The lowest BCUT2D eigenvalue weighted by molar-refractivity contribution is -0.116. The third-order valence-corrected chi connectivity index (χ3v) is 6.48. The smallest absolute Gasteiger partial charge is 0.271 e. The van der Waals surface area contributed by atoms with E-state index in [0.717, 1.165) is 32.6 Å². The molecule has 8 heteroatoms. The molecule has 0 bridgehead atoms. The van der Waals surface area contributed by atoms with Crippen molar-refractivity contribution in [3.05, 3.63) is 88.4 Å². The summed E-state index contributed by atoms with van der Waals surface area (Å²) >= 11 is 1.27. The van der Waals surface area contributed by atoms with Gasteiger partial charge < -0.3 is 5.32 Å². The molecule has 164 valence electrons. The molecule has 0 saturated heterocycles. The number of fused-ring (bicyclic) bond motifs is 3. The number of hydrogen-bond acceptors (Lipinski definition) is 5. The highest BCUT2D eigenvalue weighted by Crippen LogP contribution is 2.37. The maximum atomic E-state index is 13.5. The highest BCUT2D eigenvalue weighted by atomic mass is 32.1. The first-order chi connectivity index (χ1) is 15.9. The summed E-state index contributed by atoms with van der Waals surface area (Å²) in [5.41, 5.74) is 4.19. The van der Waals surface area contributed by atoms with Crippen LogP contribution in [0.3, 0.4) is 0 Å². The van der Waals surface area contributed by atoms with Crippen LogP contribution in [0.15, 0.2) is 65.7 Å². The first-order valence-corrected chi connectivity index (χ1v) is 11.1. The van der Waals surface area contributed by atoms with Crippen molar-refractivity contribution in [3.63, 3.8) is 0 Å². The fourth-order valence-corrected chi connectivity index (χ4v) is 4.96. The van der Waals surface area contributed by atoms with Gasteiger partial charge in [0.1, 0.15) is 21.9 Å². The zero-order valence-corrected chi connectivity index (χ0v) is 18.7. The normalized spacial score (nSPS) is 11.2. The number of halogens is 1. The Hall–Kier alpha value is -3.91. The molecule has 6 nitrogen and oxygen atoms in total. The molecule has 0 fully saturated rings. The van der Waals surface area contributed by atoms with Gasteiger partial charge in [-0.05, 0) is 48.7 Å². The van der Waals surface area contributed by atoms with E-state index in [9.17, 15) is 14.0 Å². The first kappa shape index (κ1) is 21.0. The average Bonchev–Trinajstić information content (AvgIpc) is 3.17. The van der Waals surface area contributed by atoms with Gasteiger partial charge in [-0.25, -0.2) is 14.4 Å². The molecule has 0 saturated carbocycles. The van der Waals surface area contributed by atoms with Crippen LogP contribution in [0.1, 0.15) is 11.3 Å². The molecule has 3 aromatic heterocycles. The second-order valence-electron chi connectivity index (χ2n) is 7.82. The van der Waals surface area contributed by atoms with Gasteiger partial charge in [-0.15, -0.1) is 11.3 Å². The predicted molar refractivity (Wildman–Crippen MR) is 129 cm³/mol. The van der Waals surface area contributed by atoms with Crippen LogP contribution in [0.5, 0.6) is 0 Å². The third-order valence-electron chi connectivity index (χ3n) is 5.42. The Morgan fingerprint density at radius 2 is 1.91 bits per heavy atom. The highest BCUT2D eigenvalue weighted by molar-refractivity contribution is 7.25. The number of anilines is 1. The summed E-state index contributed by atoms with van der Waals surface area (Å²) in [7, 11) is 0. The minimum Gasteiger partial charge on any atom is -0.324 e. The second kappa shape index (κ2) is 8.22. The molecule has 1 N–H and O–H groups in total. The minimum absolute atomic E-state index is 0.232. The van der Waals surface area contributed by atoms with Gasteiger partial charge in [0.15, 0.2) is 0 Å². The van der Waals surface area contributed by atoms with Crippen molar-refractivity contribution in [3.8, 4) is 11.1 Å². The van der Waals surface area contributed by atoms with Gasteiger partial charge in [-0.2, -0.15) is 0 Å². The van der Waals surface area contributed by atoms with Crippen molar-refractivity contribution in [2.24, 2.45) is 0 Å². The standard InChI is InChI=1S/C25H19FN4O2S/c1-14-8-9-17(26)11-19(14)29-20(31)12-30-13-27-22-21-18(16-6-4-3-5-7-16)10-15(2)28-24(21)33-23(22)25(30)32/h3-11,13H,12H2,1-2H3,(H,29,31). The van der Waals surface area contributed by atoms with Crippen molar-refractivity contribution in [2.75, 3.05) is 5.32 Å². The molecular weight excluding hydrogens is 439 g/mol. The summed E-state index contributed by atoms with van der Waals surface area (Å²) < 4.78 is 15.2. The second-order valence-corrected chi connectivity index (χ2v) is 8.82. The number of aromatic nitrogens is 3. The zero-order valence-electron chi connectivity index (χ0n) is 17.9. The van der Waals surface area contributed by atoms with E-state index >= 15 is 0 Å². The zero-order chi connectivity index (χ0) is 23.1. The van der Waals surface area contributed by atoms with Gasteiger partial charge in [0, 0.05) is 16.8 Å². The number of carbonyl (C=O) groups is 1. The van der Waals surface area contributed by atoms with E-state index in [0.29, 0.717) is 15.9 Å². The molecule has 3 heterocycles. The first-order valence-electron chi connectivity index (χ1n) is 10.3. The van der Waals surface area contributed by atoms with E-state index in [1.54, 1.807) is 13.0 Å². The van der Waals surface area contributed by atoms with Gasteiger partial charge in [0.25, 0.3) is 5.56 Å². The van der Waals surface area contributed by atoms with Crippen LogP contribution in [0.4, 0.5) is 10.1 Å². The predicted octanol–water partition coefficient (Wildman–Crippen LogP) is 5.07. The molecule has 2 aromatic carbocycles. The summed E-state index contributed by atoms with van der Waals surface area (Å²) in [6.07, 6.45) is 1.38. The molecule has 33 heavy (non-hydrogen) atoms. The van der Waals surface area contributed by atoms with Crippen molar-refractivity contribution < 1.29 is 9.18 Å². The van der Waals surface area contributed by atoms with E-state index < -0.39 is 11.7 Å². The van der Waals surface area contributed by atoms with Crippen molar-refractivity contribution >= 4 is 43.4 Å². The van der Waals surface area contributed by atoms with Crippen LogP contribution >= 0.6 is 11.3 Å². The summed E-state index contributed by atoms with van der Waals surface area (Å²) in [6, 6.07) is 16.1. The van der Waals surface area contributed by atoms with E-state index in [1.807, 2.05) is 43.3 Å². The lowest BCUT2D eigenvalue weighted by Crippen LogP contribution is -2.27. The molecule has 5 rings (SSSR count). The minimum atomic E-state index is -0.446. The molecule has 0 aliphatic rings. The van der Waals surface area contributed by atoms with Crippen molar-refractivity contribution in [2.45, 2.75) is 20.4 Å². The Labute approximate surface area is 192 Å². The Bertz CT molecular complexity index is 1590. The number of carbonyl (C=O) groups excluding carboxylic acids is 1.